The Hall–Kier alpha value is -1.60. The van der Waals surface area contributed by atoms with Crippen LogP contribution in [0.4, 0.5) is 4.79 Å². The maximum Gasteiger partial charge on any atom is 0.321 e. The first-order valence-electron chi connectivity index (χ1n) is 7.58. The molecule has 6 nitrogen and oxygen atoms in total. The molecule has 23 heavy (non-hydrogen) atoms. The standard InChI is InChI=1S/C16H24BrN3O3/c1-10(2)8-19-16(22)20-15(21)9-18-11(3)12-5-6-14(23-4)13(17)7-12/h5-7,10-11,18H,8-9H2,1-4H3,(H2,19,20,21,22)/p+1/t11-/m0/s1. The van der Waals surface area contributed by atoms with E-state index in [1.807, 2.05) is 44.3 Å². The van der Waals surface area contributed by atoms with E-state index in [1.54, 1.807) is 7.11 Å². The Balaban J connectivity index is 2.43. The lowest BCUT2D eigenvalue weighted by atomic mass is 10.1. The van der Waals surface area contributed by atoms with Gasteiger partial charge in [-0.05, 0) is 47.0 Å². The highest BCUT2D eigenvalue weighted by atomic mass is 79.9. The van der Waals surface area contributed by atoms with Crippen LogP contribution in [0.15, 0.2) is 22.7 Å². The van der Waals surface area contributed by atoms with E-state index in [4.69, 9.17) is 4.74 Å². The van der Waals surface area contributed by atoms with Gasteiger partial charge in [0.25, 0.3) is 5.91 Å². The first kappa shape index (κ1) is 19.4. The molecule has 0 aromatic heterocycles. The van der Waals surface area contributed by atoms with Crippen molar-refractivity contribution in [3.05, 3.63) is 28.2 Å². The number of carbonyl (C=O) groups excluding carboxylic acids is 2. The Morgan fingerprint density at radius 2 is 2.00 bits per heavy atom. The van der Waals surface area contributed by atoms with Crippen LogP contribution in [0.3, 0.4) is 0 Å². The predicted octanol–water partition coefficient (Wildman–Crippen LogP) is 1.56. The maximum atomic E-state index is 11.8. The second-order valence-corrected chi connectivity index (χ2v) is 6.63. The molecule has 0 aliphatic heterocycles. The fourth-order valence-electron chi connectivity index (χ4n) is 1.90. The SMILES string of the molecule is COc1ccc([C@H](C)[NH2+]CC(=O)NC(=O)NCC(C)C)cc1Br. The summed E-state index contributed by atoms with van der Waals surface area (Å²) in [6.45, 7) is 6.70. The molecule has 128 valence electrons. The molecule has 0 bridgehead atoms. The Morgan fingerprint density at radius 1 is 1.30 bits per heavy atom. The number of urea groups is 1. The van der Waals surface area contributed by atoms with Crippen molar-refractivity contribution < 1.29 is 19.6 Å². The molecule has 7 heteroatoms. The monoisotopic (exact) mass is 386 g/mol. The largest absolute Gasteiger partial charge is 0.496 e. The van der Waals surface area contributed by atoms with Crippen LogP contribution in [0.1, 0.15) is 32.4 Å². The molecule has 1 rings (SSSR count). The van der Waals surface area contributed by atoms with Crippen molar-refractivity contribution in [3.8, 4) is 5.75 Å². The number of nitrogens with one attached hydrogen (secondary N) is 2. The van der Waals surface area contributed by atoms with Gasteiger partial charge >= 0.3 is 6.03 Å². The number of hydrogen-bond acceptors (Lipinski definition) is 3. The minimum atomic E-state index is -0.447. The van der Waals surface area contributed by atoms with Gasteiger partial charge < -0.3 is 15.4 Å². The number of nitrogens with two attached hydrogens (primary N) is 1. The van der Waals surface area contributed by atoms with Crippen molar-refractivity contribution in [3.63, 3.8) is 0 Å². The second kappa shape index (κ2) is 9.52. The maximum absolute atomic E-state index is 11.8. The van der Waals surface area contributed by atoms with E-state index in [-0.39, 0.29) is 18.5 Å². The summed E-state index contributed by atoms with van der Waals surface area (Å²) in [5, 5.41) is 6.84. The van der Waals surface area contributed by atoms with E-state index in [0.717, 1.165) is 15.8 Å². The molecule has 3 amide bonds. The molecule has 0 radical (unpaired) electrons. The van der Waals surface area contributed by atoms with E-state index >= 15 is 0 Å². The van der Waals surface area contributed by atoms with Gasteiger partial charge in [-0.2, -0.15) is 0 Å². The highest BCUT2D eigenvalue weighted by molar-refractivity contribution is 9.10. The van der Waals surface area contributed by atoms with Crippen LogP contribution in [0, 0.1) is 5.92 Å². The van der Waals surface area contributed by atoms with Crippen LogP contribution >= 0.6 is 15.9 Å². The van der Waals surface area contributed by atoms with Crippen molar-refractivity contribution in [1.82, 2.24) is 10.6 Å². The molecule has 0 fully saturated rings. The fraction of sp³-hybridized carbons (Fsp3) is 0.500. The third-order valence-electron chi connectivity index (χ3n) is 3.28. The first-order valence-corrected chi connectivity index (χ1v) is 8.37. The number of carbonyl (C=O) groups is 2. The lowest BCUT2D eigenvalue weighted by molar-refractivity contribution is -0.682. The van der Waals surface area contributed by atoms with E-state index in [9.17, 15) is 9.59 Å². The minimum Gasteiger partial charge on any atom is -0.496 e. The summed E-state index contributed by atoms with van der Waals surface area (Å²) in [5.41, 5.74) is 1.06. The lowest BCUT2D eigenvalue weighted by Gasteiger charge is -2.13. The summed E-state index contributed by atoms with van der Waals surface area (Å²) in [5.74, 6) is 0.794. The zero-order chi connectivity index (χ0) is 17.4. The van der Waals surface area contributed by atoms with Crippen molar-refractivity contribution in [2.75, 3.05) is 20.2 Å². The molecule has 0 heterocycles. The average molecular weight is 387 g/mol. The predicted molar refractivity (Wildman–Crippen MR) is 92.3 cm³/mol. The zero-order valence-electron chi connectivity index (χ0n) is 14.0. The molecule has 0 saturated carbocycles. The van der Waals surface area contributed by atoms with E-state index in [0.29, 0.717) is 12.5 Å². The molecule has 0 aliphatic rings. The van der Waals surface area contributed by atoms with Crippen molar-refractivity contribution in [1.29, 1.82) is 0 Å². The third-order valence-corrected chi connectivity index (χ3v) is 3.90. The van der Waals surface area contributed by atoms with Crippen LogP contribution < -0.4 is 20.7 Å². The van der Waals surface area contributed by atoms with Gasteiger partial charge in [0.2, 0.25) is 0 Å². The molecular formula is C16H25BrN3O3+. The third kappa shape index (κ3) is 7.00. The Morgan fingerprint density at radius 3 is 2.57 bits per heavy atom. The summed E-state index contributed by atoms with van der Waals surface area (Å²) in [4.78, 5) is 23.3. The molecule has 0 spiro atoms. The summed E-state index contributed by atoms with van der Waals surface area (Å²) < 4.78 is 6.07. The van der Waals surface area contributed by atoms with Gasteiger partial charge in [0, 0.05) is 12.1 Å². The van der Waals surface area contributed by atoms with Crippen LogP contribution in [0.25, 0.3) is 0 Å². The van der Waals surface area contributed by atoms with Crippen LogP contribution in [-0.2, 0) is 4.79 Å². The number of methoxy groups -OCH3 is 1. The highest BCUT2D eigenvalue weighted by Crippen LogP contribution is 2.26. The van der Waals surface area contributed by atoms with Gasteiger partial charge in [-0.1, -0.05) is 13.8 Å². The van der Waals surface area contributed by atoms with Crippen LogP contribution in [0.2, 0.25) is 0 Å². The molecule has 4 N–H and O–H groups in total. The molecule has 0 saturated heterocycles. The number of rotatable bonds is 7. The molecule has 0 unspecified atom stereocenters. The molecule has 1 aromatic rings. The van der Waals surface area contributed by atoms with Crippen LogP contribution in [0.5, 0.6) is 5.75 Å². The molecular weight excluding hydrogens is 362 g/mol. The Bertz CT molecular complexity index is 549. The highest BCUT2D eigenvalue weighted by Gasteiger charge is 2.15. The number of quaternary nitrogens is 1. The average Bonchev–Trinajstić information content (AvgIpc) is 2.50. The normalized spacial score (nSPS) is 11.9. The van der Waals surface area contributed by atoms with Gasteiger partial charge in [0.1, 0.15) is 11.8 Å². The van der Waals surface area contributed by atoms with Gasteiger partial charge in [0.15, 0.2) is 6.54 Å². The number of imide groups is 1. The van der Waals surface area contributed by atoms with Gasteiger partial charge in [-0.3, -0.25) is 10.1 Å². The zero-order valence-corrected chi connectivity index (χ0v) is 15.6. The van der Waals surface area contributed by atoms with E-state index < -0.39 is 6.03 Å². The molecule has 0 aliphatic carbocycles. The van der Waals surface area contributed by atoms with Crippen molar-refractivity contribution in [2.24, 2.45) is 5.92 Å². The summed E-state index contributed by atoms with van der Waals surface area (Å²) >= 11 is 3.45. The summed E-state index contributed by atoms with van der Waals surface area (Å²) in [6.07, 6.45) is 0. The van der Waals surface area contributed by atoms with E-state index in [2.05, 4.69) is 26.6 Å². The topological polar surface area (TPSA) is 84.0 Å². The summed E-state index contributed by atoms with van der Waals surface area (Å²) in [6, 6.07) is 5.44. The Kier molecular flexibility index (Phi) is 8.05. The van der Waals surface area contributed by atoms with Gasteiger partial charge in [-0.15, -0.1) is 0 Å². The van der Waals surface area contributed by atoms with Crippen molar-refractivity contribution in [2.45, 2.75) is 26.8 Å². The summed E-state index contributed by atoms with van der Waals surface area (Å²) in [7, 11) is 1.62. The number of hydrogen-bond donors (Lipinski definition) is 3. The van der Waals surface area contributed by atoms with Gasteiger partial charge in [-0.25, -0.2) is 4.79 Å². The first-order chi connectivity index (χ1) is 10.8. The van der Waals surface area contributed by atoms with Gasteiger partial charge in [0.05, 0.1) is 11.6 Å². The molecule has 1 aromatic carbocycles. The minimum absolute atomic E-state index is 0.0849. The Labute approximate surface area is 145 Å². The molecule has 1 atom stereocenters. The number of halogens is 1. The second-order valence-electron chi connectivity index (χ2n) is 5.77. The van der Waals surface area contributed by atoms with E-state index in [1.165, 1.54) is 0 Å². The number of benzene rings is 1. The quantitative estimate of drug-likeness (QED) is 0.664. The number of ether oxygens (including phenoxy) is 1. The fourth-order valence-corrected chi connectivity index (χ4v) is 2.46. The number of amides is 3. The van der Waals surface area contributed by atoms with Crippen LogP contribution in [-0.4, -0.2) is 32.1 Å². The smallest absolute Gasteiger partial charge is 0.321 e. The lowest BCUT2D eigenvalue weighted by Crippen LogP contribution is -2.87. The van der Waals surface area contributed by atoms with Crippen molar-refractivity contribution >= 4 is 27.9 Å².